The van der Waals surface area contributed by atoms with Gasteiger partial charge in [0.1, 0.15) is 5.92 Å². The first-order valence-corrected chi connectivity index (χ1v) is 9.63. The van der Waals surface area contributed by atoms with E-state index in [0.29, 0.717) is 18.0 Å². The molecule has 0 radical (unpaired) electrons. The predicted molar refractivity (Wildman–Crippen MR) is 100 cm³/mol. The Bertz CT molecular complexity index is 802. The summed E-state index contributed by atoms with van der Waals surface area (Å²) < 4.78 is 9.83. The Hall–Kier alpha value is -2.06. The maximum Gasteiger partial charge on any atom is 0.314 e. The maximum absolute atomic E-state index is 12.1. The van der Waals surface area contributed by atoms with E-state index < -0.39 is 0 Å². The van der Waals surface area contributed by atoms with Crippen LogP contribution in [0.5, 0.6) is 0 Å². The highest BCUT2D eigenvalue weighted by molar-refractivity contribution is 7.71. The third kappa shape index (κ3) is 4.02. The van der Waals surface area contributed by atoms with Gasteiger partial charge in [-0.1, -0.05) is 0 Å². The minimum absolute atomic E-state index is 0.0270. The Morgan fingerprint density at radius 3 is 2.85 bits per heavy atom. The van der Waals surface area contributed by atoms with Crippen molar-refractivity contribution in [2.24, 2.45) is 5.92 Å². The Labute approximate surface area is 158 Å². The van der Waals surface area contributed by atoms with Crippen LogP contribution in [-0.2, 0) is 22.7 Å². The summed E-state index contributed by atoms with van der Waals surface area (Å²) in [6, 6.07) is 3.89. The van der Waals surface area contributed by atoms with E-state index in [1.165, 1.54) is 4.90 Å². The van der Waals surface area contributed by atoms with Gasteiger partial charge in [-0.2, -0.15) is 4.68 Å². The third-order valence-corrected chi connectivity index (χ3v) is 5.22. The summed E-state index contributed by atoms with van der Waals surface area (Å²) in [5, 5.41) is 4.76. The number of likely N-dealkylation sites (tertiary alicyclic amines) is 1. The average Bonchev–Trinajstić information content (AvgIpc) is 2.98. The molecule has 2 aromatic heterocycles. The lowest BCUT2D eigenvalue weighted by molar-refractivity contribution is -0.930. The van der Waals surface area contributed by atoms with Crippen molar-refractivity contribution in [2.45, 2.75) is 39.9 Å². The Morgan fingerprint density at radius 1 is 1.38 bits per heavy atom. The highest BCUT2D eigenvalue weighted by atomic mass is 32.1. The number of esters is 1. The fraction of sp³-hybridized carbons (Fsp3) is 0.556. The topological polar surface area (TPSA) is 66.4 Å². The molecule has 26 heavy (non-hydrogen) atoms. The van der Waals surface area contributed by atoms with Gasteiger partial charge in [0, 0.05) is 24.5 Å². The fourth-order valence-electron chi connectivity index (χ4n) is 3.51. The number of nitrogens with zero attached hydrogens (tertiary/aromatic N) is 4. The lowest BCUT2D eigenvalue weighted by Crippen LogP contribution is -3.13. The summed E-state index contributed by atoms with van der Waals surface area (Å²) in [4.78, 5) is 17.4. The second-order valence-corrected chi connectivity index (χ2v) is 6.90. The molecule has 0 aromatic carbocycles. The first-order chi connectivity index (χ1) is 12.6. The molecular formula is C18H26N5O2S+. The number of ether oxygens (including phenoxy) is 1. The van der Waals surface area contributed by atoms with Crippen LogP contribution in [0.4, 0.5) is 0 Å². The van der Waals surface area contributed by atoms with Crippen molar-refractivity contribution < 1.29 is 14.4 Å². The van der Waals surface area contributed by atoms with E-state index in [4.69, 9.17) is 22.1 Å². The number of quaternary nitrogens is 1. The zero-order valence-corrected chi connectivity index (χ0v) is 16.2. The van der Waals surface area contributed by atoms with Crippen LogP contribution < -0.4 is 4.90 Å². The second kappa shape index (κ2) is 8.55. The molecule has 2 atom stereocenters. The van der Waals surface area contributed by atoms with Crippen LogP contribution in [0.1, 0.15) is 26.7 Å². The van der Waals surface area contributed by atoms with E-state index in [1.807, 2.05) is 28.3 Å². The lowest BCUT2D eigenvalue weighted by Gasteiger charge is -2.28. The van der Waals surface area contributed by atoms with Crippen LogP contribution in [0.15, 0.2) is 24.5 Å². The molecule has 1 unspecified atom stereocenters. The predicted octanol–water partition coefficient (Wildman–Crippen LogP) is 1.31. The zero-order chi connectivity index (χ0) is 18.5. The molecule has 1 aliphatic rings. The number of piperidine rings is 1. The highest BCUT2D eigenvalue weighted by Crippen LogP contribution is 2.17. The van der Waals surface area contributed by atoms with Crippen LogP contribution in [0.3, 0.4) is 0 Å². The van der Waals surface area contributed by atoms with Gasteiger partial charge in [0.15, 0.2) is 12.5 Å². The highest BCUT2D eigenvalue weighted by Gasteiger charge is 2.30. The maximum atomic E-state index is 12.1. The molecule has 0 saturated carbocycles. The molecular weight excluding hydrogens is 350 g/mol. The standard InChI is InChI=1S/C18H25N5O2S/c1-3-22-16(14-7-9-19-10-8-14)20-23(18(22)26)13-21-11-5-6-15(12-21)17(24)25-4-2/h7-10,15H,3-6,11-13H2,1-2H3/p+1/t15-/m0/s1. The van der Waals surface area contributed by atoms with Crippen LogP contribution in [0.25, 0.3) is 11.4 Å². The summed E-state index contributed by atoms with van der Waals surface area (Å²) in [6.45, 7) is 7.56. The second-order valence-electron chi connectivity index (χ2n) is 6.54. The molecule has 8 heteroatoms. The first kappa shape index (κ1) is 18.7. The summed E-state index contributed by atoms with van der Waals surface area (Å²) in [5.41, 5.74) is 1.00. The SMILES string of the molecule is CCOC(=O)[C@H]1CCC[NH+](Cn2nc(-c3ccncc3)n(CC)c2=S)C1. The van der Waals surface area contributed by atoms with Crippen LogP contribution in [0, 0.1) is 10.7 Å². The average molecular weight is 377 g/mol. The molecule has 0 bridgehead atoms. The van der Waals surface area contributed by atoms with E-state index in [0.717, 1.165) is 43.9 Å². The molecule has 2 aromatic rings. The van der Waals surface area contributed by atoms with Crippen molar-refractivity contribution in [3.05, 3.63) is 29.3 Å². The third-order valence-electron chi connectivity index (χ3n) is 4.79. The zero-order valence-electron chi connectivity index (χ0n) is 15.4. The number of rotatable bonds is 6. The van der Waals surface area contributed by atoms with Gasteiger partial charge in [-0.25, -0.2) is 0 Å². The number of nitrogens with one attached hydrogen (secondary N) is 1. The lowest BCUT2D eigenvalue weighted by atomic mass is 9.99. The van der Waals surface area contributed by atoms with E-state index in [9.17, 15) is 4.79 Å². The van der Waals surface area contributed by atoms with Gasteiger partial charge >= 0.3 is 5.97 Å². The van der Waals surface area contributed by atoms with Crippen LogP contribution >= 0.6 is 12.2 Å². The molecule has 1 saturated heterocycles. The summed E-state index contributed by atoms with van der Waals surface area (Å²) in [7, 11) is 0. The Kier molecular flexibility index (Phi) is 6.16. The summed E-state index contributed by atoms with van der Waals surface area (Å²) in [6.07, 6.45) is 5.44. The molecule has 3 rings (SSSR count). The number of pyridine rings is 1. The summed E-state index contributed by atoms with van der Waals surface area (Å²) >= 11 is 5.65. The largest absolute Gasteiger partial charge is 0.466 e. The first-order valence-electron chi connectivity index (χ1n) is 9.22. The number of aromatic nitrogens is 4. The molecule has 3 heterocycles. The van der Waals surface area contributed by atoms with Gasteiger partial charge in [-0.3, -0.25) is 9.78 Å². The molecule has 7 nitrogen and oxygen atoms in total. The number of carbonyl (C=O) groups is 1. The Morgan fingerprint density at radius 2 is 2.15 bits per heavy atom. The Balaban J connectivity index is 1.79. The van der Waals surface area contributed by atoms with E-state index in [2.05, 4.69) is 11.9 Å². The number of carbonyl (C=O) groups excluding carboxylic acids is 1. The molecule has 1 N–H and O–H groups in total. The van der Waals surface area contributed by atoms with Gasteiger partial charge in [-0.15, -0.1) is 5.10 Å². The molecule has 0 amide bonds. The number of hydrogen-bond donors (Lipinski definition) is 1. The van der Waals surface area contributed by atoms with E-state index in [-0.39, 0.29) is 11.9 Å². The minimum atomic E-state index is -0.0788. The van der Waals surface area contributed by atoms with Crippen LogP contribution in [-0.4, -0.2) is 45.0 Å². The van der Waals surface area contributed by atoms with Gasteiger partial charge < -0.3 is 14.2 Å². The van der Waals surface area contributed by atoms with Crippen molar-refractivity contribution >= 4 is 18.2 Å². The van der Waals surface area contributed by atoms with Gasteiger partial charge in [0.2, 0.25) is 4.77 Å². The minimum Gasteiger partial charge on any atom is -0.466 e. The smallest absolute Gasteiger partial charge is 0.314 e. The monoisotopic (exact) mass is 376 g/mol. The van der Waals surface area contributed by atoms with Crippen molar-refractivity contribution in [3.63, 3.8) is 0 Å². The van der Waals surface area contributed by atoms with Crippen molar-refractivity contribution in [1.29, 1.82) is 0 Å². The normalized spacial score (nSPS) is 20.1. The van der Waals surface area contributed by atoms with E-state index >= 15 is 0 Å². The van der Waals surface area contributed by atoms with E-state index in [1.54, 1.807) is 12.4 Å². The number of hydrogen-bond acceptors (Lipinski definition) is 5. The molecule has 1 fully saturated rings. The van der Waals surface area contributed by atoms with Gasteiger partial charge in [-0.05, 0) is 51.0 Å². The molecule has 1 aliphatic heterocycles. The molecule has 0 spiro atoms. The van der Waals surface area contributed by atoms with Crippen molar-refractivity contribution in [3.8, 4) is 11.4 Å². The van der Waals surface area contributed by atoms with Crippen LogP contribution in [0.2, 0.25) is 0 Å². The quantitative estimate of drug-likeness (QED) is 0.608. The molecule has 140 valence electrons. The van der Waals surface area contributed by atoms with Crippen molar-refractivity contribution in [1.82, 2.24) is 19.3 Å². The van der Waals surface area contributed by atoms with Gasteiger partial charge in [0.25, 0.3) is 0 Å². The summed E-state index contributed by atoms with van der Waals surface area (Å²) in [5.74, 6) is 0.754. The van der Waals surface area contributed by atoms with Gasteiger partial charge in [0.05, 0.1) is 19.7 Å². The molecule has 0 aliphatic carbocycles. The van der Waals surface area contributed by atoms with Crippen molar-refractivity contribution in [2.75, 3.05) is 19.7 Å². The fourth-order valence-corrected chi connectivity index (χ4v) is 3.83.